The Hall–Kier alpha value is -1.56. The van der Waals surface area contributed by atoms with Gasteiger partial charge in [-0.2, -0.15) is 5.10 Å². The van der Waals surface area contributed by atoms with Crippen molar-refractivity contribution in [1.29, 1.82) is 0 Å². The van der Waals surface area contributed by atoms with Gasteiger partial charge < -0.3 is 10.2 Å². The number of carbonyl (C=O) groups excluding carboxylic acids is 1. The van der Waals surface area contributed by atoms with Crippen molar-refractivity contribution in [3.8, 4) is 11.3 Å². The largest absolute Gasteiger partial charge is 0.337 e. The summed E-state index contributed by atoms with van der Waals surface area (Å²) in [4.78, 5) is 14.6. The maximum Gasteiger partial charge on any atom is 0.271 e. The minimum atomic E-state index is 0. The van der Waals surface area contributed by atoms with Crippen molar-refractivity contribution in [3.63, 3.8) is 0 Å². The van der Waals surface area contributed by atoms with Crippen molar-refractivity contribution in [2.75, 3.05) is 26.7 Å². The molecular weight excluding hydrogens is 359 g/mol. The molecule has 0 atom stereocenters. The number of aromatic amines is 1. The second-order valence-electron chi connectivity index (χ2n) is 6.30. The average Bonchev–Trinajstić information content (AvgIpc) is 3.10. The van der Waals surface area contributed by atoms with Gasteiger partial charge in [-0.15, -0.1) is 12.4 Å². The molecule has 1 saturated heterocycles. The lowest BCUT2D eigenvalue weighted by molar-refractivity contribution is 0.0681. The van der Waals surface area contributed by atoms with Gasteiger partial charge in [0.15, 0.2) is 0 Å². The van der Waals surface area contributed by atoms with Crippen LogP contribution in [0.3, 0.4) is 0 Å². The second-order valence-corrected chi connectivity index (χ2v) is 6.74. The Balaban J connectivity index is 0.00000225. The molecule has 0 spiro atoms. The molecule has 1 aromatic heterocycles. The minimum Gasteiger partial charge on any atom is -0.337 e. The number of hydrogen-bond acceptors (Lipinski definition) is 3. The number of piperidine rings is 1. The Morgan fingerprint density at radius 2 is 2.00 bits per heavy atom. The van der Waals surface area contributed by atoms with E-state index in [4.69, 9.17) is 11.6 Å². The van der Waals surface area contributed by atoms with Gasteiger partial charge in [0.05, 0.1) is 5.69 Å². The zero-order chi connectivity index (χ0) is 16.9. The molecule has 0 bridgehead atoms. The molecule has 0 unspecified atom stereocenters. The third kappa shape index (κ3) is 4.97. The Morgan fingerprint density at radius 3 is 2.64 bits per heavy atom. The molecule has 1 aliphatic rings. The highest BCUT2D eigenvalue weighted by Crippen LogP contribution is 2.23. The predicted molar refractivity (Wildman–Crippen MR) is 103 cm³/mol. The summed E-state index contributed by atoms with van der Waals surface area (Å²) in [6.07, 6.45) is 3.33. The molecule has 1 aromatic carbocycles. The first kappa shape index (κ1) is 19.8. The van der Waals surface area contributed by atoms with Crippen LogP contribution in [0.4, 0.5) is 0 Å². The molecule has 0 aliphatic carbocycles. The standard InChI is InChI=1S/C18H23ClN4O.ClH/c1-20-9-6-13-7-10-23(11-8-13)18(24)17-12-16(21-22-17)14-2-4-15(19)5-3-14;/h2-5,12-13,20H,6-11H2,1H3,(H,21,22);1H. The summed E-state index contributed by atoms with van der Waals surface area (Å²) in [5, 5.41) is 11.0. The molecule has 5 nitrogen and oxygen atoms in total. The summed E-state index contributed by atoms with van der Waals surface area (Å²) in [7, 11) is 1.98. The van der Waals surface area contributed by atoms with Crippen LogP contribution in [0.5, 0.6) is 0 Å². The van der Waals surface area contributed by atoms with Gasteiger partial charge in [0, 0.05) is 23.7 Å². The fraction of sp³-hybridized carbons (Fsp3) is 0.444. The zero-order valence-electron chi connectivity index (χ0n) is 14.3. The lowest BCUT2D eigenvalue weighted by Crippen LogP contribution is -2.39. The fourth-order valence-corrected chi connectivity index (χ4v) is 3.27. The molecule has 2 N–H and O–H groups in total. The predicted octanol–water partition coefficient (Wildman–Crippen LogP) is 3.61. The van der Waals surface area contributed by atoms with Crippen LogP contribution in [0.15, 0.2) is 30.3 Å². The van der Waals surface area contributed by atoms with E-state index in [1.165, 1.54) is 6.42 Å². The number of benzene rings is 1. The molecule has 1 fully saturated rings. The number of halogens is 2. The van der Waals surface area contributed by atoms with Crippen LogP contribution in [0.25, 0.3) is 11.3 Å². The molecule has 7 heteroatoms. The van der Waals surface area contributed by atoms with Crippen molar-refractivity contribution >= 4 is 29.9 Å². The number of H-pyrrole nitrogens is 1. The third-order valence-electron chi connectivity index (χ3n) is 4.65. The van der Waals surface area contributed by atoms with E-state index < -0.39 is 0 Å². The molecule has 25 heavy (non-hydrogen) atoms. The van der Waals surface area contributed by atoms with Gasteiger partial charge in [-0.05, 0) is 57.0 Å². The smallest absolute Gasteiger partial charge is 0.271 e. The van der Waals surface area contributed by atoms with E-state index in [1.54, 1.807) is 0 Å². The molecule has 2 aromatic rings. The van der Waals surface area contributed by atoms with Crippen LogP contribution < -0.4 is 5.32 Å². The van der Waals surface area contributed by atoms with E-state index in [9.17, 15) is 4.79 Å². The monoisotopic (exact) mass is 382 g/mol. The Labute approximate surface area is 159 Å². The normalized spacial score (nSPS) is 15.0. The first-order valence-electron chi connectivity index (χ1n) is 8.42. The number of likely N-dealkylation sites (tertiary alicyclic amines) is 1. The van der Waals surface area contributed by atoms with Gasteiger partial charge in [-0.1, -0.05) is 23.7 Å². The molecule has 1 aliphatic heterocycles. The lowest BCUT2D eigenvalue weighted by Gasteiger charge is -2.31. The Kier molecular flexibility index (Phi) is 7.29. The highest BCUT2D eigenvalue weighted by Gasteiger charge is 2.24. The number of rotatable bonds is 5. The van der Waals surface area contributed by atoms with E-state index >= 15 is 0 Å². The summed E-state index contributed by atoms with van der Waals surface area (Å²) >= 11 is 5.91. The zero-order valence-corrected chi connectivity index (χ0v) is 15.9. The van der Waals surface area contributed by atoms with Crippen molar-refractivity contribution in [2.45, 2.75) is 19.3 Å². The Morgan fingerprint density at radius 1 is 1.32 bits per heavy atom. The highest BCUT2D eigenvalue weighted by molar-refractivity contribution is 6.30. The maximum atomic E-state index is 12.6. The number of amides is 1. The summed E-state index contributed by atoms with van der Waals surface area (Å²) in [6, 6.07) is 9.27. The number of nitrogens with zero attached hydrogens (tertiary/aromatic N) is 2. The number of aromatic nitrogens is 2. The minimum absolute atomic E-state index is 0. The van der Waals surface area contributed by atoms with Crippen molar-refractivity contribution in [2.24, 2.45) is 5.92 Å². The van der Waals surface area contributed by atoms with Gasteiger partial charge in [0.25, 0.3) is 5.91 Å². The van der Waals surface area contributed by atoms with Gasteiger partial charge >= 0.3 is 0 Å². The SMILES string of the molecule is CNCCC1CCN(C(=O)c2cc(-c3ccc(Cl)cc3)n[nH]2)CC1.Cl. The molecule has 136 valence electrons. The van der Waals surface area contributed by atoms with Crippen molar-refractivity contribution in [3.05, 3.63) is 41.0 Å². The number of hydrogen-bond donors (Lipinski definition) is 2. The van der Waals surface area contributed by atoms with Crippen LogP contribution in [-0.2, 0) is 0 Å². The van der Waals surface area contributed by atoms with Crippen LogP contribution in [-0.4, -0.2) is 47.7 Å². The first-order chi connectivity index (χ1) is 11.7. The quantitative estimate of drug-likeness (QED) is 0.829. The number of nitrogens with one attached hydrogen (secondary N) is 2. The average molecular weight is 383 g/mol. The highest BCUT2D eigenvalue weighted by atomic mass is 35.5. The fourth-order valence-electron chi connectivity index (χ4n) is 3.14. The summed E-state index contributed by atoms with van der Waals surface area (Å²) in [5.41, 5.74) is 2.26. The van der Waals surface area contributed by atoms with Gasteiger partial charge in [0.2, 0.25) is 0 Å². The van der Waals surface area contributed by atoms with Crippen LogP contribution >= 0.6 is 24.0 Å². The van der Waals surface area contributed by atoms with E-state index in [-0.39, 0.29) is 18.3 Å². The van der Waals surface area contributed by atoms with Gasteiger partial charge in [-0.25, -0.2) is 0 Å². The van der Waals surface area contributed by atoms with Crippen LogP contribution in [0.2, 0.25) is 5.02 Å². The van der Waals surface area contributed by atoms with E-state index in [2.05, 4.69) is 15.5 Å². The Bertz CT molecular complexity index is 679. The summed E-state index contributed by atoms with van der Waals surface area (Å²) in [6.45, 7) is 2.69. The maximum absolute atomic E-state index is 12.6. The number of carbonyl (C=O) groups is 1. The molecule has 3 rings (SSSR count). The molecular formula is C18H24Cl2N4O. The molecule has 0 radical (unpaired) electrons. The van der Waals surface area contributed by atoms with Gasteiger partial charge in [0.1, 0.15) is 5.69 Å². The second kappa shape index (κ2) is 9.22. The molecule has 2 heterocycles. The van der Waals surface area contributed by atoms with Gasteiger partial charge in [-0.3, -0.25) is 9.89 Å². The molecule has 0 saturated carbocycles. The van der Waals surface area contributed by atoms with E-state index in [0.717, 1.165) is 43.7 Å². The van der Waals surface area contributed by atoms with Crippen LogP contribution in [0, 0.1) is 5.92 Å². The molecule has 1 amide bonds. The summed E-state index contributed by atoms with van der Waals surface area (Å²) in [5.74, 6) is 0.752. The first-order valence-corrected chi connectivity index (χ1v) is 8.80. The summed E-state index contributed by atoms with van der Waals surface area (Å²) < 4.78 is 0. The van der Waals surface area contributed by atoms with E-state index in [1.807, 2.05) is 42.3 Å². The van der Waals surface area contributed by atoms with Crippen molar-refractivity contribution in [1.82, 2.24) is 20.4 Å². The van der Waals surface area contributed by atoms with E-state index in [0.29, 0.717) is 16.6 Å². The van der Waals surface area contributed by atoms with Crippen LogP contribution in [0.1, 0.15) is 29.8 Å². The lowest BCUT2D eigenvalue weighted by atomic mass is 9.93. The third-order valence-corrected chi connectivity index (χ3v) is 4.90. The van der Waals surface area contributed by atoms with Crippen molar-refractivity contribution < 1.29 is 4.79 Å². The topological polar surface area (TPSA) is 61.0 Å².